The second-order valence-corrected chi connectivity index (χ2v) is 8.33. The molecule has 10 heteroatoms. The Morgan fingerprint density at radius 1 is 0.694 bits per heavy atom. The van der Waals surface area contributed by atoms with Crippen molar-refractivity contribution in [2.45, 2.75) is 0 Å². The Morgan fingerprint density at radius 3 is 1.92 bits per heavy atom. The number of rotatable bonds is 8. The molecule has 3 N–H and O–H groups in total. The van der Waals surface area contributed by atoms with Gasteiger partial charge in [0.05, 0.1) is 11.2 Å². The van der Waals surface area contributed by atoms with E-state index < -0.39 is 0 Å². The summed E-state index contributed by atoms with van der Waals surface area (Å²) in [6, 6.07) is 28.0. The van der Waals surface area contributed by atoms with Crippen LogP contribution in [0.4, 0.5) is 29.2 Å². The minimum Gasteiger partial charge on any atom is -0.455 e. The van der Waals surface area contributed by atoms with Crippen LogP contribution in [0.15, 0.2) is 101 Å². The van der Waals surface area contributed by atoms with Gasteiger partial charge in [0, 0.05) is 22.0 Å². The lowest BCUT2D eigenvalue weighted by Gasteiger charge is -2.10. The maximum Gasteiger partial charge on any atom is 0.250 e. The van der Waals surface area contributed by atoms with Crippen molar-refractivity contribution < 1.29 is 4.42 Å². The largest absolute Gasteiger partial charge is 0.455 e. The van der Waals surface area contributed by atoms with Gasteiger partial charge in [-0.3, -0.25) is 0 Å². The predicted octanol–water partition coefficient (Wildman–Crippen LogP) is 7.37. The van der Waals surface area contributed by atoms with Crippen LogP contribution >= 0.6 is 23.2 Å². The molecule has 0 atom stereocenters. The Labute approximate surface area is 217 Å². The highest BCUT2D eigenvalue weighted by Crippen LogP contribution is 2.31. The van der Waals surface area contributed by atoms with Crippen LogP contribution in [0, 0.1) is 0 Å². The van der Waals surface area contributed by atoms with Crippen molar-refractivity contribution in [2.24, 2.45) is 5.10 Å². The summed E-state index contributed by atoms with van der Waals surface area (Å²) < 4.78 is 5.84. The van der Waals surface area contributed by atoms with E-state index in [4.69, 9.17) is 27.6 Å². The van der Waals surface area contributed by atoms with Gasteiger partial charge in [0.2, 0.25) is 17.8 Å². The SMILES string of the molecule is Clc1ccc(-c2ccc(/C=N\Nc3nc(Nc4ccccc4)nc(Nc4ccccc4)n3)o2)c(Cl)c1. The molecule has 0 spiro atoms. The molecule has 8 nitrogen and oxygen atoms in total. The van der Waals surface area contributed by atoms with Crippen molar-refractivity contribution in [3.05, 3.63) is 107 Å². The van der Waals surface area contributed by atoms with Crippen LogP contribution in [0.5, 0.6) is 0 Å². The molecule has 2 aromatic heterocycles. The summed E-state index contributed by atoms with van der Waals surface area (Å²) >= 11 is 12.3. The molecule has 0 saturated heterocycles. The molecular formula is C26H19Cl2N7O. The summed E-state index contributed by atoms with van der Waals surface area (Å²) in [5.41, 5.74) is 5.25. The summed E-state index contributed by atoms with van der Waals surface area (Å²) in [5.74, 6) is 2.06. The molecule has 0 unspecified atom stereocenters. The molecule has 0 aliphatic rings. The van der Waals surface area contributed by atoms with Crippen molar-refractivity contribution >= 4 is 58.6 Å². The van der Waals surface area contributed by atoms with Crippen molar-refractivity contribution in [1.82, 2.24) is 15.0 Å². The van der Waals surface area contributed by atoms with Gasteiger partial charge in [-0.1, -0.05) is 59.6 Å². The Kier molecular flexibility index (Phi) is 7.07. The highest BCUT2D eigenvalue weighted by molar-refractivity contribution is 6.36. The molecule has 2 heterocycles. The molecule has 0 fully saturated rings. The van der Waals surface area contributed by atoms with E-state index in [1.54, 1.807) is 24.3 Å². The Balaban J connectivity index is 1.35. The fraction of sp³-hybridized carbons (Fsp3) is 0. The second-order valence-electron chi connectivity index (χ2n) is 7.48. The van der Waals surface area contributed by atoms with Crippen LogP contribution < -0.4 is 16.1 Å². The first-order valence-electron chi connectivity index (χ1n) is 10.9. The van der Waals surface area contributed by atoms with Gasteiger partial charge >= 0.3 is 0 Å². The van der Waals surface area contributed by atoms with E-state index >= 15 is 0 Å². The van der Waals surface area contributed by atoms with E-state index in [1.807, 2.05) is 66.7 Å². The van der Waals surface area contributed by atoms with Gasteiger partial charge in [-0.15, -0.1) is 0 Å². The molecule has 0 bridgehead atoms. The normalized spacial score (nSPS) is 10.9. The van der Waals surface area contributed by atoms with Gasteiger partial charge in [-0.25, -0.2) is 5.43 Å². The Bertz CT molecular complexity index is 1430. The van der Waals surface area contributed by atoms with E-state index in [0.29, 0.717) is 33.5 Å². The molecule has 178 valence electrons. The zero-order valence-corrected chi connectivity index (χ0v) is 20.2. The number of aromatic nitrogens is 3. The number of benzene rings is 3. The standard InChI is InChI=1S/C26H19Cl2N7O/c27-17-11-13-21(22(28)15-17)23-14-12-20(36-23)16-29-35-26-33-24(30-18-7-3-1-4-8-18)32-25(34-26)31-19-9-5-2-6-10-19/h1-16H,(H3,30,31,32,33,34,35)/b29-16-. The average molecular weight is 516 g/mol. The summed E-state index contributed by atoms with van der Waals surface area (Å²) in [5, 5.41) is 11.6. The monoisotopic (exact) mass is 515 g/mol. The predicted molar refractivity (Wildman–Crippen MR) is 145 cm³/mol. The first-order chi connectivity index (χ1) is 17.6. The van der Waals surface area contributed by atoms with Crippen LogP contribution in [0.25, 0.3) is 11.3 Å². The van der Waals surface area contributed by atoms with E-state index in [9.17, 15) is 0 Å². The minimum atomic E-state index is 0.241. The zero-order chi connectivity index (χ0) is 24.7. The number of halogens is 2. The quantitative estimate of drug-likeness (QED) is 0.146. The third-order valence-electron chi connectivity index (χ3n) is 4.87. The molecule has 0 saturated carbocycles. The summed E-state index contributed by atoms with van der Waals surface area (Å²) in [7, 11) is 0. The molecule has 0 aliphatic carbocycles. The number of para-hydroxylation sites is 2. The number of hydrogen-bond donors (Lipinski definition) is 3. The highest BCUT2D eigenvalue weighted by Gasteiger charge is 2.10. The Hall–Kier alpha value is -4.40. The Morgan fingerprint density at radius 2 is 1.31 bits per heavy atom. The average Bonchev–Trinajstić information content (AvgIpc) is 3.34. The third kappa shape index (κ3) is 5.99. The van der Waals surface area contributed by atoms with Crippen molar-refractivity contribution in [2.75, 3.05) is 16.1 Å². The zero-order valence-electron chi connectivity index (χ0n) is 18.7. The summed E-state index contributed by atoms with van der Waals surface area (Å²) in [4.78, 5) is 13.3. The molecule has 5 rings (SSSR count). The molecule has 36 heavy (non-hydrogen) atoms. The van der Waals surface area contributed by atoms with E-state index in [2.05, 4.69) is 36.1 Å². The van der Waals surface area contributed by atoms with Crippen LogP contribution in [0.1, 0.15) is 5.76 Å². The highest BCUT2D eigenvalue weighted by atomic mass is 35.5. The van der Waals surface area contributed by atoms with Gasteiger partial charge < -0.3 is 15.1 Å². The first kappa shape index (κ1) is 23.3. The minimum absolute atomic E-state index is 0.241. The number of furan rings is 1. The molecule has 0 radical (unpaired) electrons. The molecule has 3 aromatic carbocycles. The van der Waals surface area contributed by atoms with Crippen LogP contribution in [0.3, 0.4) is 0 Å². The summed E-state index contributed by atoms with van der Waals surface area (Å²) in [6.07, 6.45) is 1.52. The maximum atomic E-state index is 6.28. The lowest BCUT2D eigenvalue weighted by Crippen LogP contribution is -2.07. The van der Waals surface area contributed by atoms with Crippen LogP contribution in [-0.4, -0.2) is 21.2 Å². The molecule has 0 amide bonds. The number of hydrazone groups is 1. The molecule has 0 aliphatic heterocycles. The van der Waals surface area contributed by atoms with Crippen molar-refractivity contribution in [3.8, 4) is 11.3 Å². The third-order valence-corrected chi connectivity index (χ3v) is 5.42. The fourth-order valence-electron chi connectivity index (χ4n) is 3.25. The van der Waals surface area contributed by atoms with Gasteiger partial charge in [0.15, 0.2) is 0 Å². The number of nitrogens with one attached hydrogen (secondary N) is 3. The van der Waals surface area contributed by atoms with Gasteiger partial charge in [0.1, 0.15) is 11.5 Å². The van der Waals surface area contributed by atoms with E-state index in [0.717, 1.165) is 16.9 Å². The first-order valence-corrected chi connectivity index (χ1v) is 11.6. The fourth-order valence-corrected chi connectivity index (χ4v) is 3.75. The van der Waals surface area contributed by atoms with Crippen molar-refractivity contribution in [3.63, 3.8) is 0 Å². The lowest BCUT2D eigenvalue weighted by molar-refractivity contribution is 0.575. The lowest BCUT2D eigenvalue weighted by atomic mass is 10.2. The maximum absolute atomic E-state index is 6.28. The van der Waals surface area contributed by atoms with E-state index in [-0.39, 0.29) is 5.95 Å². The molecule has 5 aromatic rings. The van der Waals surface area contributed by atoms with Gasteiger partial charge in [-0.05, 0) is 54.6 Å². The van der Waals surface area contributed by atoms with Gasteiger partial charge in [-0.2, -0.15) is 20.1 Å². The molecular weight excluding hydrogens is 497 g/mol. The van der Waals surface area contributed by atoms with Crippen LogP contribution in [0.2, 0.25) is 10.0 Å². The van der Waals surface area contributed by atoms with E-state index in [1.165, 1.54) is 6.21 Å². The number of anilines is 5. The van der Waals surface area contributed by atoms with Crippen molar-refractivity contribution in [1.29, 1.82) is 0 Å². The smallest absolute Gasteiger partial charge is 0.250 e. The summed E-state index contributed by atoms with van der Waals surface area (Å²) in [6.45, 7) is 0. The second kappa shape index (κ2) is 10.9. The number of hydrogen-bond acceptors (Lipinski definition) is 8. The number of nitrogens with zero attached hydrogens (tertiary/aromatic N) is 4. The topological polar surface area (TPSA) is 100 Å². The van der Waals surface area contributed by atoms with Crippen LogP contribution in [-0.2, 0) is 0 Å². The van der Waals surface area contributed by atoms with Gasteiger partial charge in [0.25, 0.3) is 0 Å².